The highest BCUT2D eigenvalue weighted by atomic mass is 32.1. The Hall–Kier alpha value is -2.08. The van der Waals surface area contributed by atoms with Crippen LogP contribution in [0.1, 0.15) is 16.3 Å². The number of rotatable bonds is 5. The van der Waals surface area contributed by atoms with E-state index in [1.165, 1.54) is 11.3 Å². The molecule has 0 aliphatic heterocycles. The zero-order valence-electron chi connectivity index (χ0n) is 12.4. The first kappa shape index (κ1) is 15.3. The van der Waals surface area contributed by atoms with E-state index in [1.807, 2.05) is 30.5 Å². The predicted octanol–water partition coefficient (Wildman–Crippen LogP) is 2.24. The van der Waals surface area contributed by atoms with E-state index in [-0.39, 0.29) is 5.91 Å². The number of hydrogen-bond donors (Lipinski definition) is 1. The number of anilines is 1. The van der Waals surface area contributed by atoms with Crippen LogP contribution in [0, 0.1) is 6.92 Å². The molecule has 0 atom stereocenters. The molecule has 2 N–H and O–H groups in total. The average Bonchev–Trinajstić information content (AvgIpc) is 2.85. The van der Waals surface area contributed by atoms with Gasteiger partial charge >= 0.3 is 0 Å². The fourth-order valence-corrected chi connectivity index (χ4v) is 2.54. The van der Waals surface area contributed by atoms with Crippen molar-refractivity contribution in [1.29, 1.82) is 0 Å². The second-order valence-electron chi connectivity index (χ2n) is 5.01. The summed E-state index contributed by atoms with van der Waals surface area (Å²) in [5, 5.41) is 2.73. The lowest BCUT2D eigenvalue weighted by atomic mass is 10.2. The van der Waals surface area contributed by atoms with Crippen LogP contribution < -0.4 is 10.5 Å². The molecule has 0 aliphatic rings. The van der Waals surface area contributed by atoms with Gasteiger partial charge in [-0.05, 0) is 30.7 Å². The maximum atomic E-state index is 11.6. The van der Waals surface area contributed by atoms with E-state index in [0.717, 1.165) is 27.7 Å². The molecule has 1 heterocycles. The van der Waals surface area contributed by atoms with Crippen LogP contribution in [0.3, 0.4) is 0 Å². The Bertz CT molecular complexity index is 638. The fraction of sp³-hybridized carbons (Fsp3) is 0.333. The minimum Gasteiger partial charge on any atom is -0.487 e. The molecule has 1 amide bonds. The smallest absolute Gasteiger partial charge is 0.228 e. The Kier molecular flexibility index (Phi) is 4.80. The summed E-state index contributed by atoms with van der Waals surface area (Å²) in [6.07, 6.45) is 0.332. The summed E-state index contributed by atoms with van der Waals surface area (Å²) in [4.78, 5) is 17.6. The summed E-state index contributed by atoms with van der Waals surface area (Å²) in [6, 6.07) is 5.54. The van der Waals surface area contributed by atoms with Crippen molar-refractivity contribution in [2.24, 2.45) is 0 Å². The van der Waals surface area contributed by atoms with Gasteiger partial charge in [0.1, 0.15) is 17.4 Å². The molecule has 1 aromatic heterocycles. The van der Waals surface area contributed by atoms with Crippen molar-refractivity contribution in [3.63, 3.8) is 0 Å². The summed E-state index contributed by atoms with van der Waals surface area (Å²) in [5.41, 5.74) is 8.25. The summed E-state index contributed by atoms with van der Waals surface area (Å²) in [6.45, 7) is 2.34. The van der Waals surface area contributed by atoms with E-state index in [0.29, 0.717) is 13.0 Å². The lowest BCUT2D eigenvalue weighted by Gasteiger charge is -2.08. The number of amides is 1. The van der Waals surface area contributed by atoms with Crippen molar-refractivity contribution >= 4 is 22.9 Å². The first-order valence-electron chi connectivity index (χ1n) is 6.58. The van der Waals surface area contributed by atoms with Crippen molar-refractivity contribution in [2.45, 2.75) is 20.0 Å². The van der Waals surface area contributed by atoms with Gasteiger partial charge in [-0.25, -0.2) is 4.98 Å². The molecule has 2 aromatic rings. The number of carbonyl (C=O) groups is 1. The number of likely N-dealkylation sites (N-methyl/N-ethyl adjacent to an activating group) is 1. The number of aromatic nitrogens is 1. The van der Waals surface area contributed by atoms with E-state index in [9.17, 15) is 4.79 Å². The number of benzene rings is 1. The molecule has 0 saturated heterocycles. The zero-order chi connectivity index (χ0) is 15.4. The predicted molar refractivity (Wildman–Crippen MR) is 84.4 cm³/mol. The van der Waals surface area contributed by atoms with Gasteiger partial charge < -0.3 is 15.4 Å². The molecule has 0 spiro atoms. The van der Waals surface area contributed by atoms with Gasteiger partial charge in [0.15, 0.2) is 0 Å². The van der Waals surface area contributed by atoms with Crippen LogP contribution in [0.15, 0.2) is 23.6 Å². The Labute approximate surface area is 128 Å². The molecule has 0 fully saturated rings. The van der Waals surface area contributed by atoms with Crippen molar-refractivity contribution in [3.05, 3.63) is 39.8 Å². The highest BCUT2D eigenvalue weighted by molar-refractivity contribution is 7.09. The van der Waals surface area contributed by atoms with E-state index in [4.69, 9.17) is 10.5 Å². The summed E-state index contributed by atoms with van der Waals surface area (Å²) in [7, 11) is 3.48. The zero-order valence-corrected chi connectivity index (χ0v) is 13.2. The minimum atomic E-state index is 0.0474. The first-order valence-corrected chi connectivity index (χ1v) is 7.46. The molecule has 0 saturated carbocycles. The van der Waals surface area contributed by atoms with Crippen LogP contribution in [0.4, 0.5) is 5.69 Å². The molecule has 2 rings (SSSR count). The maximum absolute atomic E-state index is 11.6. The number of ether oxygens (including phenoxy) is 1. The van der Waals surface area contributed by atoms with Gasteiger partial charge in [0.05, 0.1) is 12.1 Å². The molecule has 6 heteroatoms. The Morgan fingerprint density at radius 1 is 1.43 bits per heavy atom. The molecule has 21 heavy (non-hydrogen) atoms. The SMILES string of the molecule is Cc1cc(N)ccc1OCc1csc(CC(=O)N(C)C)n1. The topological polar surface area (TPSA) is 68.5 Å². The van der Waals surface area contributed by atoms with Crippen LogP contribution in [-0.2, 0) is 17.8 Å². The molecular weight excluding hydrogens is 286 g/mol. The highest BCUT2D eigenvalue weighted by Crippen LogP contribution is 2.21. The lowest BCUT2D eigenvalue weighted by molar-refractivity contribution is -0.127. The van der Waals surface area contributed by atoms with Gasteiger partial charge in [-0.3, -0.25) is 4.79 Å². The molecule has 112 valence electrons. The Morgan fingerprint density at radius 3 is 2.86 bits per heavy atom. The second-order valence-corrected chi connectivity index (χ2v) is 5.95. The summed E-state index contributed by atoms with van der Waals surface area (Å²) < 4.78 is 5.74. The molecule has 0 radical (unpaired) electrons. The third-order valence-electron chi connectivity index (χ3n) is 2.98. The molecule has 0 bridgehead atoms. The number of nitrogens with two attached hydrogens (primary N) is 1. The average molecular weight is 305 g/mol. The lowest BCUT2D eigenvalue weighted by Crippen LogP contribution is -2.23. The van der Waals surface area contributed by atoms with Gasteiger partial charge in [0.25, 0.3) is 0 Å². The van der Waals surface area contributed by atoms with Crippen LogP contribution in [0.2, 0.25) is 0 Å². The maximum Gasteiger partial charge on any atom is 0.228 e. The fourth-order valence-electron chi connectivity index (χ4n) is 1.77. The summed E-state index contributed by atoms with van der Waals surface area (Å²) in [5.74, 6) is 0.842. The molecular formula is C15H19N3O2S. The van der Waals surface area contributed by atoms with Crippen molar-refractivity contribution in [1.82, 2.24) is 9.88 Å². The number of aryl methyl sites for hydroxylation is 1. The Morgan fingerprint density at radius 2 is 2.19 bits per heavy atom. The van der Waals surface area contributed by atoms with Crippen molar-refractivity contribution < 1.29 is 9.53 Å². The Balaban J connectivity index is 1.95. The largest absolute Gasteiger partial charge is 0.487 e. The second kappa shape index (κ2) is 6.58. The number of carbonyl (C=O) groups excluding carboxylic acids is 1. The molecule has 1 aromatic carbocycles. The van der Waals surface area contributed by atoms with Gasteiger partial charge in [0, 0.05) is 25.2 Å². The quantitative estimate of drug-likeness (QED) is 0.860. The van der Waals surface area contributed by atoms with Gasteiger partial charge in [0.2, 0.25) is 5.91 Å². The highest BCUT2D eigenvalue weighted by Gasteiger charge is 2.10. The van der Waals surface area contributed by atoms with Crippen molar-refractivity contribution in [2.75, 3.05) is 19.8 Å². The van der Waals surface area contributed by atoms with Crippen LogP contribution in [0.5, 0.6) is 5.75 Å². The number of hydrogen-bond acceptors (Lipinski definition) is 5. The first-order chi connectivity index (χ1) is 9.95. The number of thiazole rings is 1. The molecule has 5 nitrogen and oxygen atoms in total. The van der Waals surface area contributed by atoms with E-state index >= 15 is 0 Å². The molecule has 0 unspecified atom stereocenters. The van der Waals surface area contributed by atoms with Crippen LogP contribution in [-0.4, -0.2) is 29.9 Å². The van der Waals surface area contributed by atoms with E-state index < -0.39 is 0 Å². The van der Waals surface area contributed by atoms with Crippen LogP contribution >= 0.6 is 11.3 Å². The third-order valence-corrected chi connectivity index (χ3v) is 3.87. The monoisotopic (exact) mass is 305 g/mol. The third kappa shape index (κ3) is 4.19. The summed E-state index contributed by atoms with van der Waals surface area (Å²) >= 11 is 1.48. The van der Waals surface area contributed by atoms with Gasteiger partial charge in [-0.1, -0.05) is 0 Å². The number of nitrogens with zero attached hydrogens (tertiary/aromatic N) is 2. The standard InChI is InChI=1S/C15H19N3O2S/c1-10-6-11(16)4-5-13(10)20-8-12-9-21-14(17-12)7-15(19)18(2)3/h4-6,9H,7-8,16H2,1-3H3. The van der Waals surface area contributed by atoms with E-state index in [2.05, 4.69) is 4.98 Å². The van der Waals surface area contributed by atoms with Gasteiger partial charge in [-0.15, -0.1) is 11.3 Å². The molecule has 0 aliphatic carbocycles. The van der Waals surface area contributed by atoms with E-state index in [1.54, 1.807) is 19.0 Å². The number of nitrogen functional groups attached to an aromatic ring is 1. The van der Waals surface area contributed by atoms with Crippen molar-refractivity contribution in [3.8, 4) is 5.75 Å². The van der Waals surface area contributed by atoms with Crippen LogP contribution in [0.25, 0.3) is 0 Å². The van der Waals surface area contributed by atoms with Gasteiger partial charge in [-0.2, -0.15) is 0 Å². The normalized spacial score (nSPS) is 10.4. The minimum absolute atomic E-state index is 0.0474.